The standard InChI is InChI=1S/C21H22N8O/c1-27-14-17(12-23-27)25-21-22-10-16-11-24-29(20(16)26-21)13-15-3-2-4-18(9-15)28-7-5-19(30)6-8-28/h2-4,9-12,14H,5-8,13H2,1H3,(H,22,25,26). The van der Waals surface area contributed by atoms with Gasteiger partial charge in [0.25, 0.3) is 0 Å². The number of carbonyl (C=O) groups is 1. The molecular weight excluding hydrogens is 380 g/mol. The van der Waals surface area contributed by atoms with Gasteiger partial charge >= 0.3 is 0 Å². The van der Waals surface area contributed by atoms with E-state index in [1.807, 2.05) is 17.9 Å². The highest BCUT2D eigenvalue weighted by molar-refractivity contribution is 5.81. The zero-order valence-electron chi connectivity index (χ0n) is 16.7. The Kier molecular flexibility index (Phi) is 4.62. The van der Waals surface area contributed by atoms with Gasteiger partial charge in [0.2, 0.25) is 5.95 Å². The highest BCUT2D eigenvalue weighted by Gasteiger charge is 2.17. The van der Waals surface area contributed by atoms with Gasteiger partial charge in [-0.1, -0.05) is 12.1 Å². The molecule has 9 nitrogen and oxygen atoms in total. The molecule has 1 N–H and O–H groups in total. The first-order valence-corrected chi connectivity index (χ1v) is 9.94. The van der Waals surface area contributed by atoms with Crippen LogP contribution in [0.15, 0.2) is 49.1 Å². The van der Waals surface area contributed by atoms with E-state index in [0.29, 0.717) is 31.1 Å². The van der Waals surface area contributed by atoms with Crippen molar-refractivity contribution in [3.8, 4) is 0 Å². The average molecular weight is 402 g/mol. The summed E-state index contributed by atoms with van der Waals surface area (Å²) in [5, 5.41) is 12.7. The molecule has 4 heterocycles. The fourth-order valence-corrected chi connectivity index (χ4v) is 3.70. The van der Waals surface area contributed by atoms with Gasteiger partial charge in [0, 0.05) is 51.1 Å². The van der Waals surface area contributed by atoms with Crippen LogP contribution in [0.25, 0.3) is 11.0 Å². The van der Waals surface area contributed by atoms with Crippen molar-refractivity contribution in [3.63, 3.8) is 0 Å². The number of benzene rings is 1. The fourth-order valence-electron chi connectivity index (χ4n) is 3.70. The van der Waals surface area contributed by atoms with Gasteiger partial charge in [-0.05, 0) is 17.7 Å². The molecule has 0 saturated carbocycles. The molecule has 1 aliphatic heterocycles. The molecule has 0 bridgehead atoms. The van der Waals surface area contributed by atoms with Crippen molar-refractivity contribution >= 4 is 34.1 Å². The van der Waals surface area contributed by atoms with E-state index >= 15 is 0 Å². The Balaban J connectivity index is 1.38. The molecule has 3 aromatic heterocycles. The number of nitrogens with zero attached hydrogens (tertiary/aromatic N) is 7. The van der Waals surface area contributed by atoms with Crippen LogP contribution in [-0.4, -0.2) is 48.4 Å². The number of hydrogen-bond donors (Lipinski definition) is 1. The molecule has 0 amide bonds. The number of carbonyl (C=O) groups excluding carboxylic acids is 1. The van der Waals surface area contributed by atoms with Crippen LogP contribution in [0.3, 0.4) is 0 Å². The number of ketones is 1. The number of rotatable bonds is 5. The largest absolute Gasteiger partial charge is 0.371 e. The Bertz CT molecular complexity index is 1200. The van der Waals surface area contributed by atoms with Crippen LogP contribution in [0.4, 0.5) is 17.3 Å². The van der Waals surface area contributed by atoms with Gasteiger partial charge in [-0.2, -0.15) is 15.2 Å². The topological polar surface area (TPSA) is 93.8 Å². The zero-order valence-corrected chi connectivity index (χ0v) is 16.7. The molecular formula is C21H22N8O. The van der Waals surface area contributed by atoms with Gasteiger partial charge in [0.1, 0.15) is 5.78 Å². The molecule has 0 atom stereocenters. The molecule has 0 unspecified atom stereocenters. The first-order chi connectivity index (χ1) is 14.6. The van der Waals surface area contributed by atoms with Crippen LogP contribution in [-0.2, 0) is 18.4 Å². The lowest BCUT2D eigenvalue weighted by Gasteiger charge is -2.28. The second-order valence-electron chi connectivity index (χ2n) is 7.50. The molecule has 1 aromatic carbocycles. The molecule has 4 aromatic rings. The third kappa shape index (κ3) is 3.73. The van der Waals surface area contributed by atoms with Gasteiger partial charge < -0.3 is 10.2 Å². The van der Waals surface area contributed by atoms with Crippen molar-refractivity contribution < 1.29 is 4.79 Å². The summed E-state index contributed by atoms with van der Waals surface area (Å²) in [4.78, 5) is 22.8. The normalized spacial score (nSPS) is 14.4. The Morgan fingerprint density at radius 3 is 2.77 bits per heavy atom. The summed E-state index contributed by atoms with van der Waals surface area (Å²) in [6, 6.07) is 8.40. The number of hydrogen-bond acceptors (Lipinski definition) is 7. The SMILES string of the molecule is Cn1cc(Nc2ncc3cnn(Cc4cccc(N5CCC(=O)CC5)c4)c3n2)cn1. The molecule has 0 spiro atoms. The van der Waals surface area contributed by atoms with E-state index in [0.717, 1.165) is 41.1 Å². The molecule has 1 fully saturated rings. The van der Waals surface area contributed by atoms with Crippen LogP contribution >= 0.6 is 0 Å². The smallest absolute Gasteiger partial charge is 0.229 e. The quantitative estimate of drug-likeness (QED) is 0.548. The van der Waals surface area contributed by atoms with E-state index in [2.05, 4.69) is 54.6 Å². The molecule has 1 aliphatic rings. The molecule has 9 heteroatoms. The Labute approximate surface area is 173 Å². The Morgan fingerprint density at radius 2 is 1.97 bits per heavy atom. The maximum Gasteiger partial charge on any atom is 0.229 e. The highest BCUT2D eigenvalue weighted by Crippen LogP contribution is 2.22. The van der Waals surface area contributed by atoms with Crippen molar-refractivity contribution in [3.05, 3.63) is 54.6 Å². The van der Waals surface area contributed by atoms with Gasteiger partial charge in [0.05, 0.1) is 30.0 Å². The summed E-state index contributed by atoms with van der Waals surface area (Å²) in [6.45, 7) is 2.17. The van der Waals surface area contributed by atoms with Crippen LogP contribution in [0.1, 0.15) is 18.4 Å². The Morgan fingerprint density at radius 1 is 1.10 bits per heavy atom. The van der Waals surface area contributed by atoms with Crippen LogP contribution in [0.5, 0.6) is 0 Å². The summed E-state index contributed by atoms with van der Waals surface area (Å²) < 4.78 is 3.60. The number of Topliss-reactive ketones (excluding diaryl/α,β-unsaturated/α-hetero) is 1. The lowest BCUT2D eigenvalue weighted by molar-refractivity contribution is -0.119. The number of nitrogens with one attached hydrogen (secondary N) is 1. The van der Waals surface area contributed by atoms with E-state index in [-0.39, 0.29) is 0 Å². The number of fused-ring (bicyclic) bond motifs is 1. The maximum absolute atomic E-state index is 11.5. The molecule has 30 heavy (non-hydrogen) atoms. The van der Waals surface area contributed by atoms with E-state index in [4.69, 9.17) is 0 Å². The summed E-state index contributed by atoms with van der Waals surface area (Å²) in [6.07, 6.45) is 8.39. The van der Waals surface area contributed by atoms with Crippen molar-refractivity contribution in [2.45, 2.75) is 19.4 Å². The minimum Gasteiger partial charge on any atom is -0.371 e. The molecule has 5 rings (SSSR count). The molecule has 152 valence electrons. The van der Waals surface area contributed by atoms with Gasteiger partial charge in [-0.25, -0.2) is 9.67 Å². The lowest BCUT2D eigenvalue weighted by Crippen LogP contribution is -2.33. The van der Waals surface area contributed by atoms with E-state index < -0.39 is 0 Å². The first kappa shape index (κ1) is 18.3. The minimum absolute atomic E-state index is 0.348. The molecule has 1 saturated heterocycles. The Hall–Kier alpha value is -3.75. The van der Waals surface area contributed by atoms with Crippen molar-refractivity contribution in [1.82, 2.24) is 29.5 Å². The number of aromatic nitrogens is 6. The van der Waals surface area contributed by atoms with E-state index in [1.165, 1.54) is 0 Å². The predicted molar refractivity (Wildman–Crippen MR) is 114 cm³/mol. The molecule has 0 radical (unpaired) electrons. The monoisotopic (exact) mass is 402 g/mol. The van der Waals surface area contributed by atoms with E-state index in [1.54, 1.807) is 23.3 Å². The second kappa shape index (κ2) is 7.58. The van der Waals surface area contributed by atoms with Crippen molar-refractivity contribution in [1.29, 1.82) is 0 Å². The van der Waals surface area contributed by atoms with Crippen molar-refractivity contribution in [2.24, 2.45) is 7.05 Å². The lowest BCUT2D eigenvalue weighted by atomic mass is 10.1. The van der Waals surface area contributed by atoms with Crippen LogP contribution in [0.2, 0.25) is 0 Å². The second-order valence-corrected chi connectivity index (χ2v) is 7.50. The van der Waals surface area contributed by atoms with Gasteiger partial charge in [0.15, 0.2) is 5.65 Å². The zero-order chi connectivity index (χ0) is 20.5. The number of piperidine rings is 1. The third-order valence-corrected chi connectivity index (χ3v) is 5.27. The van der Waals surface area contributed by atoms with E-state index in [9.17, 15) is 4.79 Å². The number of anilines is 3. The van der Waals surface area contributed by atoms with Crippen molar-refractivity contribution in [2.75, 3.05) is 23.3 Å². The maximum atomic E-state index is 11.5. The average Bonchev–Trinajstić information content (AvgIpc) is 3.34. The highest BCUT2D eigenvalue weighted by atomic mass is 16.1. The summed E-state index contributed by atoms with van der Waals surface area (Å²) in [5.74, 6) is 0.852. The van der Waals surface area contributed by atoms with Crippen LogP contribution < -0.4 is 10.2 Å². The summed E-state index contributed by atoms with van der Waals surface area (Å²) in [5.41, 5.74) is 3.88. The third-order valence-electron chi connectivity index (χ3n) is 5.27. The fraction of sp³-hybridized carbons (Fsp3) is 0.286. The summed E-state index contributed by atoms with van der Waals surface area (Å²) >= 11 is 0. The minimum atomic E-state index is 0.348. The summed E-state index contributed by atoms with van der Waals surface area (Å²) in [7, 11) is 1.86. The van der Waals surface area contributed by atoms with Gasteiger partial charge in [-0.15, -0.1) is 0 Å². The van der Waals surface area contributed by atoms with Crippen LogP contribution in [0, 0.1) is 0 Å². The predicted octanol–water partition coefficient (Wildman–Crippen LogP) is 2.52. The molecule has 0 aliphatic carbocycles. The first-order valence-electron chi connectivity index (χ1n) is 9.94. The van der Waals surface area contributed by atoms with Gasteiger partial charge in [-0.3, -0.25) is 9.48 Å². The number of aryl methyl sites for hydroxylation is 1.